The van der Waals surface area contributed by atoms with E-state index in [1.54, 1.807) is 12.1 Å². The number of carbonyl (C=O) groups is 1. The molecule has 2 unspecified atom stereocenters. The second-order valence-electron chi connectivity index (χ2n) is 5.24. The number of nitrogens with zero attached hydrogens (tertiary/aromatic N) is 1. The summed E-state index contributed by atoms with van der Waals surface area (Å²) in [6.45, 7) is 4.60. The zero-order chi connectivity index (χ0) is 13.8. The van der Waals surface area contributed by atoms with Crippen molar-refractivity contribution >= 4 is 5.91 Å². The minimum Gasteiger partial charge on any atom is -0.392 e. The molecule has 1 amide bonds. The Hall–Kier alpha value is -1.43. The van der Waals surface area contributed by atoms with Crippen molar-refractivity contribution in [2.45, 2.75) is 26.0 Å². The average Bonchev–Trinajstić information content (AvgIpc) is 2.43. The minimum absolute atomic E-state index is 0.240. The Morgan fingerprint density at radius 1 is 1.47 bits per heavy atom. The lowest BCUT2D eigenvalue weighted by atomic mass is 9.95. The third kappa shape index (κ3) is 3.53. The molecule has 1 fully saturated rings. The number of nitrogen functional groups attached to an aromatic ring is 1. The number of piperidine rings is 1. The fourth-order valence-corrected chi connectivity index (χ4v) is 2.36. The maximum Gasteiger partial charge on any atom is 0.265 e. The SMILES string of the molecule is CC1CCN(Cc2ccc(C(=O)NN)cc2)CC1O. The summed E-state index contributed by atoms with van der Waals surface area (Å²) in [5.74, 6) is 5.18. The summed E-state index contributed by atoms with van der Waals surface area (Å²) < 4.78 is 0. The predicted molar refractivity (Wildman–Crippen MR) is 73.2 cm³/mol. The van der Waals surface area contributed by atoms with Crippen LogP contribution >= 0.6 is 0 Å². The Kier molecular flexibility index (Phi) is 4.52. The van der Waals surface area contributed by atoms with Gasteiger partial charge in [0, 0.05) is 18.7 Å². The largest absolute Gasteiger partial charge is 0.392 e. The van der Waals surface area contributed by atoms with Crippen LogP contribution < -0.4 is 11.3 Å². The standard InChI is InChI=1S/C14H21N3O2/c1-10-6-7-17(9-13(10)18)8-11-2-4-12(5-3-11)14(19)16-15/h2-5,10,13,18H,6-9,15H2,1H3,(H,16,19). The van der Waals surface area contributed by atoms with Crippen LogP contribution in [-0.4, -0.2) is 35.1 Å². The highest BCUT2D eigenvalue weighted by Gasteiger charge is 2.23. The van der Waals surface area contributed by atoms with Gasteiger partial charge in [-0.2, -0.15) is 0 Å². The number of hydrogen-bond donors (Lipinski definition) is 3. The number of aliphatic hydroxyl groups excluding tert-OH is 1. The second-order valence-corrected chi connectivity index (χ2v) is 5.24. The van der Waals surface area contributed by atoms with Crippen molar-refractivity contribution in [3.63, 3.8) is 0 Å². The first-order valence-corrected chi connectivity index (χ1v) is 6.60. The molecule has 1 aromatic rings. The lowest BCUT2D eigenvalue weighted by Crippen LogP contribution is -2.42. The minimum atomic E-state index is -0.284. The van der Waals surface area contributed by atoms with E-state index in [4.69, 9.17) is 5.84 Å². The van der Waals surface area contributed by atoms with Gasteiger partial charge in [0.15, 0.2) is 0 Å². The molecule has 0 aliphatic carbocycles. The molecule has 2 atom stereocenters. The van der Waals surface area contributed by atoms with E-state index >= 15 is 0 Å². The van der Waals surface area contributed by atoms with Gasteiger partial charge in [0.1, 0.15) is 0 Å². The van der Waals surface area contributed by atoms with Gasteiger partial charge in [-0.15, -0.1) is 0 Å². The summed E-state index contributed by atoms with van der Waals surface area (Å²) in [4.78, 5) is 13.6. The molecule has 5 nitrogen and oxygen atoms in total. The van der Waals surface area contributed by atoms with E-state index < -0.39 is 0 Å². The van der Waals surface area contributed by atoms with Crippen LogP contribution in [0.4, 0.5) is 0 Å². The molecule has 4 N–H and O–H groups in total. The summed E-state index contributed by atoms with van der Waals surface area (Å²) in [6.07, 6.45) is 0.783. The summed E-state index contributed by atoms with van der Waals surface area (Å²) in [5.41, 5.74) is 3.80. The number of nitrogens with one attached hydrogen (secondary N) is 1. The lowest BCUT2D eigenvalue weighted by molar-refractivity contribution is 0.0259. The Balaban J connectivity index is 1.94. The number of rotatable bonds is 3. The molecule has 1 aliphatic rings. The van der Waals surface area contributed by atoms with Crippen LogP contribution in [0.25, 0.3) is 0 Å². The van der Waals surface area contributed by atoms with Crippen LogP contribution in [0.15, 0.2) is 24.3 Å². The van der Waals surface area contributed by atoms with Crippen LogP contribution in [0.3, 0.4) is 0 Å². The lowest BCUT2D eigenvalue weighted by Gasteiger charge is -2.34. The van der Waals surface area contributed by atoms with Gasteiger partial charge in [-0.3, -0.25) is 15.1 Å². The van der Waals surface area contributed by atoms with E-state index in [0.29, 0.717) is 18.0 Å². The van der Waals surface area contributed by atoms with E-state index in [9.17, 15) is 9.90 Å². The normalized spacial score (nSPS) is 24.2. The van der Waals surface area contributed by atoms with Gasteiger partial charge in [-0.25, -0.2) is 5.84 Å². The van der Waals surface area contributed by atoms with Crippen molar-refractivity contribution in [1.29, 1.82) is 0 Å². The zero-order valence-corrected chi connectivity index (χ0v) is 11.2. The number of β-amino-alcohol motifs (C(OH)–C–C–N with tert-alkyl or cyclic N) is 1. The van der Waals surface area contributed by atoms with E-state index in [-0.39, 0.29) is 12.0 Å². The highest BCUT2D eigenvalue weighted by Crippen LogP contribution is 2.19. The van der Waals surface area contributed by atoms with Gasteiger partial charge in [-0.1, -0.05) is 19.1 Å². The number of hydrogen-bond acceptors (Lipinski definition) is 4. The average molecular weight is 263 g/mol. The van der Waals surface area contributed by atoms with Crippen molar-refractivity contribution in [2.75, 3.05) is 13.1 Å². The first kappa shape index (κ1) is 14.0. The molecular formula is C14H21N3O2. The molecule has 104 valence electrons. The Morgan fingerprint density at radius 2 is 2.16 bits per heavy atom. The fourth-order valence-electron chi connectivity index (χ4n) is 2.36. The molecule has 2 rings (SSSR count). The highest BCUT2D eigenvalue weighted by molar-refractivity contribution is 5.93. The van der Waals surface area contributed by atoms with Gasteiger partial charge < -0.3 is 5.11 Å². The van der Waals surface area contributed by atoms with Crippen LogP contribution in [0.1, 0.15) is 29.3 Å². The zero-order valence-electron chi connectivity index (χ0n) is 11.2. The number of carbonyl (C=O) groups excluding carboxylic acids is 1. The van der Waals surface area contributed by atoms with Gasteiger partial charge in [0.05, 0.1) is 6.10 Å². The van der Waals surface area contributed by atoms with E-state index in [0.717, 1.165) is 25.1 Å². The van der Waals surface area contributed by atoms with E-state index in [1.165, 1.54) is 0 Å². The van der Waals surface area contributed by atoms with Crippen LogP contribution in [0, 0.1) is 5.92 Å². The van der Waals surface area contributed by atoms with Crippen molar-refractivity contribution in [3.05, 3.63) is 35.4 Å². The molecule has 0 saturated carbocycles. The summed E-state index contributed by atoms with van der Waals surface area (Å²) >= 11 is 0. The molecule has 5 heteroatoms. The van der Waals surface area contributed by atoms with Crippen LogP contribution in [-0.2, 0) is 6.54 Å². The highest BCUT2D eigenvalue weighted by atomic mass is 16.3. The Bertz CT molecular complexity index is 433. The summed E-state index contributed by atoms with van der Waals surface area (Å²) in [6, 6.07) is 7.38. The number of nitrogens with two attached hydrogens (primary N) is 1. The van der Waals surface area contributed by atoms with Crippen molar-refractivity contribution in [3.8, 4) is 0 Å². The predicted octanol–water partition coefficient (Wildman–Crippen LogP) is 0.493. The van der Waals surface area contributed by atoms with Crippen molar-refractivity contribution in [1.82, 2.24) is 10.3 Å². The monoisotopic (exact) mass is 263 g/mol. The first-order valence-electron chi connectivity index (χ1n) is 6.60. The molecule has 1 heterocycles. The van der Waals surface area contributed by atoms with Gasteiger partial charge in [0.25, 0.3) is 5.91 Å². The third-order valence-electron chi connectivity index (χ3n) is 3.76. The van der Waals surface area contributed by atoms with Crippen LogP contribution in [0.5, 0.6) is 0 Å². The van der Waals surface area contributed by atoms with E-state index in [1.807, 2.05) is 12.1 Å². The topological polar surface area (TPSA) is 78.6 Å². The molecule has 1 aliphatic heterocycles. The molecule has 0 aromatic heterocycles. The fraction of sp³-hybridized carbons (Fsp3) is 0.500. The molecule has 0 spiro atoms. The number of amides is 1. The van der Waals surface area contributed by atoms with Gasteiger partial charge >= 0.3 is 0 Å². The van der Waals surface area contributed by atoms with Crippen molar-refractivity contribution < 1.29 is 9.90 Å². The Labute approximate surface area is 113 Å². The summed E-state index contributed by atoms with van der Waals surface area (Å²) in [7, 11) is 0. The molecule has 0 bridgehead atoms. The first-order chi connectivity index (χ1) is 9.10. The number of benzene rings is 1. The quantitative estimate of drug-likeness (QED) is 0.421. The second kappa shape index (κ2) is 6.14. The van der Waals surface area contributed by atoms with E-state index in [2.05, 4.69) is 17.2 Å². The smallest absolute Gasteiger partial charge is 0.265 e. The molecule has 0 radical (unpaired) electrons. The van der Waals surface area contributed by atoms with Crippen LogP contribution in [0.2, 0.25) is 0 Å². The summed E-state index contributed by atoms with van der Waals surface area (Å²) in [5, 5.41) is 9.87. The maximum absolute atomic E-state index is 11.3. The van der Waals surface area contributed by atoms with Gasteiger partial charge in [0.2, 0.25) is 0 Å². The van der Waals surface area contributed by atoms with Crippen molar-refractivity contribution in [2.24, 2.45) is 11.8 Å². The molecule has 1 aromatic carbocycles. The number of aliphatic hydroxyl groups is 1. The van der Waals surface area contributed by atoms with Gasteiger partial charge in [-0.05, 0) is 36.6 Å². The number of hydrazine groups is 1. The maximum atomic E-state index is 11.3. The number of likely N-dealkylation sites (tertiary alicyclic amines) is 1. The molecule has 1 saturated heterocycles. The third-order valence-corrected chi connectivity index (χ3v) is 3.76. The Morgan fingerprint density at radius 3 is 2.74 bits per heavy atom. The molecular weight excluding hydrogens is 242 g/mol. The molecule has 19 heavy (non-hydrogen) atoms.